The third-order valence-corrected chi connectivity index (χ3v) is 4.47. The summed E-state index contributed by atoms with van der Waals surface area (Å²) in [5.41, 5.74) is -0.205. The van der Waals surface area contributed by atoms with Gasteiger partial charge in [0.2, 0.25) is 0 Å². The molecule has 0 spiro atoms. The van der Waals surface area contributed by atoms with Crippen LogP contribution < -0.4 is 0 Å². The Kier molecular flexibility index (Phi) is 3.39. The summed E-state index contributed by atoms with van der Waals surface area (Å²) in [6, 6.07) is 5.07. The minimum absolute atomic E-state index is 0.0621. The molecule has 2 aromatic rings. The number of hydrogen-bond acceptors (Lipinski definition) is 5. The van der Waals surface area contributed by atoms with Crippen molar-refractivity contribution >= 4 is 23.2 Å². The van der Waals surface area contributed by atoms with Crippen molar-refractivity contribution in [2.24, 2.45) is 0 Å². The summed E-state index contributed by atoms with van der Waals surface area (Å²) in [4.78, 5) is 0. The van der Waals surface area contributed by atoms with Crippen LogP contribution in [-0.4, -0.2) is 39.1 Å². The van der Waals surface area contributed by atoms with Crippen molar-refractivity contribution in [3.05, 3.63) is 40.1 Å². The topological polar surface area (TPSA) is 69.4 Å². The molecule has 0 saturated carbocycles. The Morgan fingerprint density at radius 2 is 2.05 bits per heavy atom. The maximum Gasteiger partial charge on any atom is 0.192 e. The maximum atomic E-state index is 10.9. The van der Waals surface area contributed by atoms with E-state index in [1.54, 1.807) is 24.4 Å². The Bertz CT molecular complexity index is 703. The van der Waals surface area contributed by atoms with Gasteiger partial charge in [-0.2, -0.15) is 0 Å². The number of halogens is 2. The molecule has 2 aliphatic heterocycles. The lowest BCUT2D eigenvalue weighted by Gasteiger charge is -2.34. The lowest BCUT2D eigenvalue weighted by Crippen LogP contribution is -2.44. The quantitative estimate of drug-likeness (QED) is 0.907. The Balaban J connectivity index is 1.69. The van der Waals surface area contributed by atoms with E-state index in [9.17, 15) is 5.11 Å². The molecule has 2 saturated heterocycles. The monoisotopic (exact) mass is 341 g/mol. The first-order valence-corrected chi connectivity index (χ1v) is 7.69. The van der Waals surface area contributed by atoms with Gasteiger partial charge in [0.25, 0.3) is 0 Å². The summed E-state index contributed by atoms with van der Waals surface area (Å²) >= 11 is 12.0. The van der Waals surface area contributed by atoms with Crippen LogP contribution in [0.2, 0.25) is 10.0 Å². The number of rotatable bonds is 2. The molecule has 0 aliphatic carbocycles. The van der Waals surface area contributed by atoms with Gasteiger partial charge in [-0.1, -0.05) is 28.4 Å². The largest absolute Gasteiger partial charge is 0.378 e. The molecule has 6 nitrogen and oxygen atoms in total. The van der Waals surface area contributed by atoms with Crippen molar-refractivity contribution in [3.8, 4) is 5.69 Å². The van der Waals surface area contributed by atoms with E-state index in [-0.39, 0.29) is 6.10 Å². The summed E-state index contributed by atoms with van der Waals surface area (Å²) in [7, 11) is 0. The number of hydrogen-bond donors (Lipinski definition) is 1. The Labute approximate surface area is 136 Å². The molecule has 116 valence electrons. The van der Waals surface area contributed by atoms with Crippen molar-refractivity contribution in [2.45, 2.75) is 30.8 Å². The second kappa shape index (κ2) is 5.18. The molecule has 2 fully saturated rings. The van der Waals surface area contributed by atoms with Crippen LogP contribution in [0.25, 0.3) is 5.69 Å². The summed E-state index contributed by atoms with van der Waals surface area (Å²) in [5, 5.41) is 20.0. The fourth-order valence-electron chi connectivity index (χ4n) is 2.86. The second-order valence-corrected chi connectivity index (χ2v) is 6.44. The molecule has 2 aliphatic rings. The van der Waals surface area contributed by atoms with E-state index in [2.05, 4.69) is 10.3 Å². The van der Waals surface area contributed by atoms with Gasteiger partial charge < -0.3 is 14.6 Å². The summed E-state index contributed by atoms with van der Waals surface area (Å²) in [6.45, 7) is 0.505. The zero-order valence-electron chi connectivity index (χ0n) is 11.4. The van der Waals surface area contributed by atoms with E-state index >= 15 is 0 Å². The highest BCUT2D eigenvalue weighted by molar-refractivity contribution is 6.34. The highest BCUT2D eigenvalue weighted by Crippen LogP contribution is 2.41. The van der Waals surface area contributed by atoms with Crippen LogP contribution in [0.1, 0.15) is 18.5 Å². The predicted molar refractivity (Wildman–Crippen MR) is 79.1 cm³/mol. The van der Waals surface area contributed by atoms with Gasteiger partial charge in [-0.15, -0.1) is 5.10 Å². The molecule has 1 N–H and O–H groups in total. The van der Waals surface area contributed by atoms with Crippen LogP contribution in [0.15, 0.2) is 24.4 Å². The maximum absolute atomic E-state index is 10.9. The minimum Gasteiger partial charge on any atom is -0.378 e. The molecule has 1 unspecified atom stereocenters. The van der Waals surface area contributed by atoms with Gasteiger partial charge in [0, 0.05) is 10.0 Å². The third kappa shape index (κ3) is 2.31. The lowest BCUT2D eigenvalue weighted by atomic mass is 9.90. The van der Waals surface area contributed by atoms with Gasteiger partial charge >= 0.3 is 0 Å². The molecule has 3 heterocycles. The van der Waals surface area contributed by atoms with E-state index < -0.39 is 11.9 Å². The van der Waals surface area contributed by atoms with Crippen LogP contribution in [0.5, 0.6) is 0 Å². The molecule has 0 amide bonds. The van der Waals surface area contributed by atoms with Crippen molar-refractivity contribution < 1.29 is 14.6 Å². The van der Waals surface area contributed by atoms with Crippen LogP contribution in [-0.2, 0) is 15.1 Å². The predicted octanol–water partition coefficient (Wildman–Crippen LogP) is 2.30. The lowest BCUT2D eigenvalue weighted by molar-refractivity contribution is -0.219. The number of aromatic nitrogens is 3. The van der Waals surface area contributed by atoms with Gasteiger partial charge in [-0.3, -0.25) is 0 Å². The number of fused-ring (bicyclic) bond motifs is 2. The van der Waals surface area contributed by atoms with E-state index in [1.165, 1.54) is 4.68 Å². The summed E-state index contributed by atoms with van der Waals surface area (Å²) < 4.78 is 12.7. The smallest absolute Gasteiger partial charge is 0.192 e. The van der Waals surface area contributed by atoms with Gasteiger partial charge in [-0.05, 0) is 31.0 Å². The summed E-state index contributed by atoms with van der Waals surface area (Å²) in [6.07, 6.45) is 2.26. The molecule has 8 heteroatoms. The SMILES string of the molecule is OC1(c2cn(-c3cc(Cl)cc(Cl)c3)nn2)CC[C@H]2CO[C@@H]1O2. The standard InChI is InChI=1S/C14H13Cl2N3O3/c15-8-3-9(16)5-10(4-8)19-6-12(17-18-19)14(20)2-1-11-7-21-13(14)22-11/h3-6,11,13,20H,1-2,7H2/t11-,13+,14?/m0/s1. The van der Waals surface area contributed by atoms with Gasteiger partial charge in [-0.25, -0.2) is 4.68 Å². The van der Waals surface area contributed by atoms with Crippen LogP contribution >= 0.6 is 23.2 Å². The fraction of sp³-hybridized carbons (Fsp3) is 0.429. The molecular formula is C14H13Cl2N3O3. The van der Waals surface area contributed by atoms with E-state index in [0.717, 1.165) is 6.42 Å². The fourth-order valence-corrected chi connectivity index (χ4v) is 3.37. The molecule has 1 aromatic carbocycles. The van der Waals surface area contributed by atoms with Crippen molar-refractivity contribution in [1.29, 1.82) is 0 Å². The first-order valence-electron chi connectivity index (χ1n) is 6.93. The molecular weight excluding hydrogens is 329 g/mol. The molecule has 1 aromatic heterocycles. The second-order valence-electron chi connectivity index (χ2n) is 5.56. The zero-order chi connectivity index (χ0) is 15.3. The molecule has 3 atom stereocenters. The Morgan fingerprint density at radius 3 is 2.82 bits per heavy atom. The highest BCUT2D eigenvalue weighted by atomic mass is 35.5. The van der Waals surface area contributed by atoms with Crippen molar-refractivity contribution in [1.82, 2.24) is 15.0 Å². The number of nitrogens with zero attached hydrogens (tertiary/aromatic N) is 3. The third-order valence-electron chi connectivity index (χ3n) is 4.04. The average molecular weight is 342 g/mol. The average Bonchev–Trinajstić information content (AvgIpc) is 3.11. The minimum atomic E-state index is -1.28. The Morgan fingerprint density at radius 1 is 1.27 bits per heavy atom. The molecule has 0 radical (unpaired) electrons. The normalized spacial score (nSPS) is 30.7. The molecule has 4 rings (SSSR count). The molecule has 22 heavy (non-hydrogen) atoms. The first kappa shape index (κ1) is 14.4. The van der Waals surface area contributed by atoms with Gasteiger partial charge in [0.05, 0.1) is 24.6 Å². The highest BCUT2D eigenvalue weighted by Gasteiger charge is 2.51. The van der Waals surface area contributed by atoms with E-state index in [0.29, 0.717) is 34.5 Å². The van der Waals surface area contributed by atoms with Crippen LogP contribution in [0, 0.1) is 0 Å². The van der Waals surface area contributed by atoms with Gasteiger partial charge in [0.15, 0.2) is 11.9 Å². The van der Waals surface area contributed by atoms with E-state index in [4.69, 9.17) is 32.7 Å². The molecule has 2 bridgehead atoms. The number of benzene rings is 1. The van der Waals surface area contributed by atoms with Gasteiger partial charge in [0.1, 0.15) is 5.69 Å². The number of aliphatic hydroxyl groups is 1. The van der Waals surface area contributed by atoms with Crippen LogP contribution in [0.4, 0.5) is 0 Å². The van der Waals surface area contributed by atoms with E-state index in [1.807, 2.05) is 0 Å². The first-order chi connectivity index (χ1) is 10.5. The summed E-state index contributed by atoms with van der Waals surface area (Å²) in [5.74, 6) is 0. The Hall–Kier alpha value is -1.18. The zero-order valence-corrected chi connectivity index (χ0v) is 13.0. The van der Waals surface area contributed by atoms with Crippen molar-refractivity contribution in [2.75, 3.05) is 6.61 Å². The number of ether oxygens (including phenoxy) is 2. The van der Waals surface area contributed by atoms with Crippen LogP contribution in [0.3, 0.4) is 0 Å². The van der Waals surface area contributed by atoms with Crippen molar-refractivity contribution in [3.63, 3.8) is 0 Å².